The van der Waals surface area contributed by atoms with Gasteiger partial charge in [0.25, 0.3) is 0 Å². The van der Waals surface area contributed by atoms with E-state index in [1.165, 1.54) is 0 Å². The van der Waals surface area contributed by atoms with Crippen molar-refractivity contribution >= 4 is 27.6 Å². The summed E-state index contributed by atoms with van der Waals surface area (Å²) in [5.74, 6) is 0.898. The fourth-order valence-corrected chi connectivity index (χ4v) is 5.03. The maximum Gasteiger partial charge on any atom is 0.214 e. The van der Waals surface area contributed by atoms with Crippen molar-refractivity contribution in [3.63, 3.8) is 0 Å². The molecule has 1 saturated heterocycles. The van der Waals surface area contributed by atoms with Crippen molar-refractivity contribution in [2.24, 2.45) is 4.99 Å². The number of rotatable bonds is 8. The van der Waals surface area contributed by atoms with E-state index in [1.807, 2.05) is 31.2 Å². The van der Waals surface area contributed by atoms with Gasteiger partial charge in [-0.05, 0) is 37.0 Å². The molecule has 0 aliphatic carbocycles. The lowest BCUT2D eigenvalue weighted by molar-refractivity contribution is 0.106. The SMILES string of the molecule is CCCS(=O)(=O)N1CCC(NC(=NC)NCC(OC)c2cccc(Cl)c2)CC1. The summed E-state index contributed by atoms with van der Waals surface area (Å²) < 4.78 is 31.5. The van der Waals surface area contributed by atoms with Crippen molar-refractivity contribution in [3.8, 4) is 0 Å². The molecule has 1 aliphatic rings. The Hall–Kier alpha value is -1.35. The zero-order valence-electron chi connectivity index (χ0n) is 16.8. The maximum atomic E-state index is 12.2. The van der Waals surface area contributed by atoms with Gasteiger partial charge in [0.1, 0.15) is 0 Å². The van der Waals surface area contributed by atoms with Crippen LogP contribution in [0.3, 0.4) is 0 Å². The van der Waals surface area contributed by atoms with Gasteiger partial charge in [-0.3, -0.25) is 4.99 Å². The third-order valence-electron chi connectivity index (χ3n) is 4.83. The highest BCUT2D eigenvalue weighted by Crippen LogP contribution is 2.20. The van der Waals surface area contributed by atoms with Gasteiger partial charge in [-0.2, -0.15) is 0 Å². The third-order valence-corrected chi connectivity index (χ3v) is 7.14. The second-order valence-corrected chi connectivity index (χ2v) is 9.39. The van der Waals surface area contributed by atoms with E-state index in [-0.39, 0.29) is 17.9 Å². The van der Waals surface area contributed by atoms with E-state index >= 15 is 0 Å². The van der Waals surface area contributed by atoms with Gasteiger partial charge >= 0.3 is 0 Å². The molecule has 9 heteroatoms. The van der Waals surface area contributed by atoms with Crippen LogP contribution in [-0.2, 0) is 14.8 Å². The second-order valence-electron chi connectivity index (χ2n) is 6.87. The van der Waals surface area contributed by atoms with Crippen molar-refractivity contribution in [3.05, 3.63) is 34.9 Å². The molecule has 1 aliphatic heterocycles. The largest absolute Gasteiger partial charge is 0.375 e. The van der Waals surface area contributed by atoms with Crippen molar-refractivity contribution in [1.29, 1.82) is 0 Å². The second kappa shape index (κ2) is 11.0. The summed E-state index contributed by atoms with van der Waals surface area (Å²) in [6.07, 6.45) is 2.00. The first-order chi connectivity index (χ1) is 13.4. The molecule has 1 fully saturated rings. The van der Waals surface area contributed by atoms with Crippen molar-refractivity contribution < 1.29 is 13.2 Å². The van der Waals surface area contributed by atoms with Gasteiger partial charge in [0.2, 0.25) is 10.0 Å². The van der Waals surface area contributed by atoms with E-state index in [2.05, 4.69) is 15.6 Å². The van der Waals surface area contributed by atoms with E-state index < -0.39 is 10.0 Å². The first-order valence-corrected chi connectivity index (χ1v) is 11.6. The topological polar surface area (TPSA) is 83.0 Å². The average Bonchev–Trinajstić information content (AvgIpc) is 2.68. The van der Waals surface area contributed by atoms with Gasteiger partial charge in [-0.15, -0.1) is 0 Å². The number of guanidine groups is 1. The minimum Gasteiger partial charge on any atom is -0.375 e. The highest BCUT2D eigenvalue weighted by atomic mass is 35.5. The first kappa shape index (κ1) is 22.9. The highest BCUT2D eigenvalue weighted by Gasteiger charge is 2.27. The Bertz CT molecular complexity index is 749. The molecule has 1 aromatic carbocycles. The normalized spacial score (nSPS) is 18.1. The first-order valence-electron chi connectivity index (χ1n) is 9.62. The number of hydrogen-bond acceptors (Lipinski definition) is 4. The predicted octanol–water partition coefficient (Wildman–Crippen LogP) is 2.40. The number of piperidine rings is 1. The molecule has 2 N–H and O–H groups in total. The molecule has 0 radical (unpaired) electrons. The smallest absolute Gasteiger partial charge is 0.214 e. The van der Waals surface area contributed by atoms with Gasteiger partial charge < -0.3 is 15.4 Å². The lowest BCUT2D eigenvalue weighted by atomic mass is 10.1. The molecule has 2 rings (SSSR count). The number of hydrogen-bond donors (Lipinski definition) is 2. The Morgan fingerprint density at radius 2 is 2.11 bits per heavy atom. The van der Waals surface area contributed by atoms with Gasteiger partial charge in [0, 0.05) is 44.9 Å². The molecular weight excluding hydrogens is 400 g/mol. The summed E-state index contributed by atoms with van der Waals surface area (Å²) >= 11 is 6.07. The van der Waals surface area contributed by atoms with Crippen molar-refractivity contribution in [2.75, 3.05) is 39.5 Å². The van der Waals surface area contributed by atoms with E-state index in [0.717, 1.165) is 18.4 Å². The molecule has 0 spiro atoms. The Kier molecular flexibility index (Phi) is 9.01. The highest BCUT2D eigenvalue weighted by molar-refractivity contribution is 7.89. The molecule has 1 aromatic rings. The van der Waals surface area contributed by atoms with Crippen molar-refractivity contribution in [1.82, 2.24) is 14.9 Å². The monoisotopic (exact) mass is 430 g/mol. The molecule has 0 bridgehead atoms. The van der Waals surface area contributed by atoms with E-state index in [4.69, 9.17) is 16.3 Å². The summed E-state index contributed by atoms with van der Waals surface area (Å²) in [7, 11) is 0.265. The van der Waals surface area contributed by atoms with Gasteiger partial charge in [0.15, 0.2) is 5.96 Å². The molecule has 0 aromatic heterocycles. The van der Waals surface area contributed by atoms with Crippen LogP contribution in [0.5, 0.6) is 0 Å². The Balaban J connectivity index is 1.85. The Morgan fingerprint density at radius 3 is 2.68 bits per heavy atom. The number of nitrogens with one attached hydrogen (secondary N) is 2. The molecule has 7 nitrogen and oxygen atoms in total. The fraction of sp³-hybridized carbons (Fsp3) is 0.632. The van der Waals surface area contributed by atoms with Crippen LogP contribution in [0.25, 0.3) is 0 Å². The Morgan fingerprint density at radius 1 is 1.39 bits per heavy atom. The summed E-state index contributed by atoms with van der Waals surface area (Å²) in [5.41, 5.74) is 0.993. The summed E-state index contributed by atoms with van der Waals surface area (Å²) in [6.45, 7) is 3.51. The molecule has 158 valence electrons. The molecule has 28 heavy (non-hydrogen) atoms. The van der Waals surface area contributed by atoms with Crippen LogP contribution in [0.15, 0.2) is 29.3 Å². The maximum absolute atomic E-state index is 12.2. The minimum atomic E-state index is -3.12. The van der Waals surface area contributed by atoms with Gasteiger partial charge in [0.05, 0.1) is 11.9 Å². The zero-order valence-corrected chi connectivity index (χ0v) is 18.4. The molecule has 1 heterocycles. The lowest BCUT2D eigenvalue weighted by Gasteiger charge is -2.32. The summed E-state index contributed by atoms with van der Waals surface area (Å²) in [4.78, 5) is 4.28. The van der Waals surface area contributed by atoms with Crippen LogP contribution in [0.2, 0.25) is 5.02 Å². The van der Waals surface area contributed by atoms with E-state index in [9.17, 15) is 8.42 Å². The van der Waals surface area contributed by atoms with Crippen LogP contribution in [0.1, 0.15) is 37.9 Å². The zero-order chi connectivity index (χ0) is 20.6. The Labute approximate surface area is 173 Å². The van der Waals surface area contributed by atoms with Crippen LogP contribution in [0.4, 0.5) is 0 Å². The number of sulfonamides is 1. The van der Waals surface area contributed by atoms with Crippen molar-refractivity contribution in [2.45, 2.75) is 38.3 Å². The lowest BCUT2D eigenvalue weighted by Crippen LogP contribution is -2.50. The third kappa shape index (κ3) is 6.62. The summed E-state index contributed by atoms with van der Waals surface area (Å²) in [5, 5.41) is 7.35. The molecule has 0 saturated carbocycles. The fourth-order valence-electron chi connectivity index (χ4n) is 3.29. The standard InChI is InChI=1S/C19H31ClN4O3S/c1-4-12-28(25,26)24-10-8-17(9-11-24)23-19(21-2)22-14-18(27-3)15-6-5-7-16(20)13-15/h5-7,13,17-18H,4,8-12,14H2,1-3H3,(H2,21,22,23). The van der Waals surface area contributed by atoms with Gasteiger partial charge in [-0.25, -0.2) is 12.7 Å². The number of nitrogens with zero attached hydrogens (tertiary/aromatic N) is 2. The van der Waals surface area contributed by atoms with Crippen LogP contribution >= 0.6 is 11.6 Å². The van der Waals surface area contributed by atoms with Crippen LogP contribution in [0, 0.1) is 0 Å². The summed E-state index contributed by atoms with van der Waals surface area (Å²) in [6, 6.07) is 7.78. The van der Waals surface area contributed by atoms with Gasteiger partial charge in [-0.1, -0.05) is 30.7 Å². The number of ether oxygens (including phenoxy) is 1. The number of benzene rings is 1. The average molecular weight is 431 g/mol. The number of aliphatic imine (C=N–C) groups is 1. The van der Waals surface area contributed by atoms with E-state index in [1.54, 1.807) is 18.5 Å². The number of methoxy groups -OCH3 is 1. The van der Waals surface area contributed by atoms with E-state index in [0.29, 0.717) is 37.0 Å². The molecule has 0 amide bonds. The van der Waals surface area contributed by atoms with Crippen LogP contribution in [-0.4, -0.2) is 64.3 Å². The van der Waals surface area contributed by atoms with Crippen LogP contribution < -0.4 is 10.6 Å². The molecular formula is C19H31ClN4O3S. The molecule has 1 atom stereocenters. The predicted molar refractivity (Wildman–Crippen MR) is 114 cm³/mol. The number of halogens is 1. The molecule has 1 unspecified atom stereocenters. The quantitative estimate of drug-likeness (QED) is 0.488. The minimum absolute atomic E-state index is 0.154.